The molecule has 1 unspecified atom stereocenters. The number of hydrogen-bond donors (Lipinski definition) is 0. The van der Waals surface area contributed by atoms with E-state index in [4.69, 9.17) is 10.3 Å². The van der Waals surface area contributed by atoms with Crippen LogP contribution in [-0.2, 0) is 11.3 Å². The third-order valence-electron chi connectivity index (χ3n) is 1.87. The molecule has 0 bridgehead atoms. The first-order valence-electron chi connectivity index (χ1n) is 3.65. The number of rotatable bonds is 1. The second-order valence-electron chi connectivity index (χ2n) is 2.57. The number of benzene rings is 1. The Morgan fingerprint density at radius 1 is 1.50 bits per heavy atom. The highest BCUT2D eigenvalue weighted by Crippen LogP contribution is 2.30. The van der Waals surface area contributed by atoms with E-state index < -0.39 is 6.23 Å². The Kier molecular flexibility index (Phi) is 1.70. The largest absolute Gasteiger partial charge is 0.363 e. The van der Waals surface area contributed by atoms with Gasteiger partial charge in [0, 0.05) is 4.91 Å². The van der Waals surface area contributed by atoms with Gasteiger partial charge >= 0.3 is 0 Å². The fourth-order valence-corrected chi connectivity index (χ4v) is 1.31. The molecule has 12 heavy (non-hydrogen) atoms. The van der Waals surface area contributed by atoms with Crippen LogP contribution in [0.2, 0.25) is 0 Å². The summed E-state index contributed by atoms with van der Waals surface area (Å²) in [7, 11) is 0. The fraction of sp³-hybridized carbons (Fsp3) is 0.250. The monoisotopic (exact) mass is 161 g/mol. The van der Waals surface area contributed by atoms with Crippen LogP contribution in [0.25, 0.3) is 10.4 Å². The first-order valence-corrected chi connectivity index (χ1v) is 3.65. The second kappa shape index (κ2) is 2.85. The van der Waals surface area contributed by atoms with E-state index in [1.54, 1.807) is 0 Å². The summed E-state index contributed by atoms with van der Waals surface area (Å²) < 4.78 is 5.24. The normalized spacial score (nSPS) is 19.8. The molecule has 0 N–H and O–H groups in total. The van der Waals surface area contributed by atoms with E-state index in [1.165, 1.54) is 0 Å². The summed E-state index contributed by atoms with van der Waals surface area (Å²) in [6, 6.07) is 7.75. The molecule has 1 aromatic carbocycles. The minimum atomic E-state index is -0.425. The second-order valence-corrected chi connectivity index (χ2v) is 2.57. The standard InChI is InChI=1S/C8H7N3O/c9-11-10-8-7-4-2-1-3-6(7)5-12-8/h1-4,8H,5H2. The van der Waals surface area contributed by atoms with Gasteiger partial charge in [0.15, 0.2) is 6.23 Å². The zero-order chi connectivity index (χ0) is 8.39. The number of hydrogen-bond acceptors (Lipinski definition) is 2. The van der Waals surface area contributed by atoms with Crippen LogP contribution in [0.1, 0.15) is 17.4 Å². The van der Waals surface area contributed by atoms with Crippen molar-refractivity contribution in [2.75, 3.05) is 0 Å². The van der Waals surface area contributed by atoms with Crippen LogP contribution in [0.5, 0.6) is 0 Å². The molecule has 60 valence electrons. The van der Waals surface area contributed by atoms with Gasteiger partial charge in [0.25, 0.3) is 0 Å². The molecular weight excluding hydrogens is 154 g/mol. The van der Waals surface area contributed by atoms with Crippen LogP contribution in [0, 0.1) is 0 Å². The van der Waals surface area contributed by atoms with Crippen molar-refractivity contribution in [2.45, 2.75) is 12.8 Å². The molecular formula is C8H7N3O. The Bertz CT molecular complexity index is 344. The lowest BCUT2D eigenvalue weighted by Crippen LogP contribution is -1.88. The van der Waals surface area contributed by atoms with Gasteiger partial charge in [0.1, 0.15) is 0 Å². The molecule has 4 nitrogen and oxygen atoms in total. The first kappa shape index (κ1) is 7.16. The number of nitrogens with zero attached hydrogens (tertiary/aromatic N) is 3. The van der Waals surface area contributed by atoms with Crippen LogP contribution in [-0.4, -0.2) is 0 Å². The van der Waals surface area contributed by atoms with E-state index in [-0.39, 0.29) is 0 Å². The van der Waals surface area contributed by atoms with Gasteiger partial charge in [-0.2, -0.15) is 0 Å². The Labute approximate surface area is 69.4 Å². The van der Waals surface area contributed by atoms with Crippen molar-refractivity contribution in [1.82, 2.24) is 0 Å². The summed E-state index contributed by atoms with van der Waals surface area (Å²) in [5.74, 6) is 0. The molecule has 0 fully saturated rings. The van der Waals surface area contributed by atoms with Crippen LogP contribution in [0.15, 0.2) is 29.4 Å². The molecule has 0 spiro atoms. The third-order valence-corrected chi connectivity index (χ3v) is 1.87. The smallest absolute Gasteiger partial charge is 0.162 e. The van der Waals surface area contributed by atoms with E-state index in [2.05, 4.69) is 10.0 Å². The van der Waals surface area contributed by atoms with Gasteiger partial charge in [0.05, 0.1) is 6.61 Å². The molecule has 0 aromatic heterocycles. The van der Waals surface area contributed by atoms with E-state index in [0.717, 1.165) is 11.1 Å². The molecule has 1 heterocycles. The van der Waals surface area contributed by atoms with Crippen LogP contribution < -0.4 is 0 Å². The Balaban J connectivity index is 2.42. The van der Waals surface area contributed by atoms with E-state index >= 15 is 0 Å². The molecule has 1 aromatic rings. The third kappa shape index (κ3) is 1.03. The zero-order valence-corrected chi connectivity index (χ0v) is 6.34. The van der Waals surface area contributed by atoms with Crippen molar-refractivity contribution >= 4 is 0 Å². The fourth-order valence-electron chi connectivity index (χ4n) is 1.31. The van der Waals surface area contributed by atoms with Crippen molar-refractivity contribution in [3.05, 3.63) is 45.8 Å². The van der Waals surface area contributed by atoms with Gasteiger partial charge in [0.2, 0.25) is 0 Å². The lowest BCUT2D eigenvalue weighted by molar-refractivity contribution is 0.0713. The molecule has 0 saturated carbocycles. The van der Waals surface area contributed by atoms with Crippen LogP contribution in [0.3, 0.4) is 0 Å². The molecule has 1 atom stereocenters. The van der Waals surface area contributed by atoms with E-state index in [1.807, 2.05) is 24.3 Å². The molecule has 0 aliphatic carbocycles. The minimum Gasteiger partial charge on any atom is -0.363 e. The predicted molar refractivity (Wildman–Crippen MR) is 43.1 cm³/mol. The summed E-state index contributed by atoms with van der Waals surface area (Å²) in [4.78, 5) is 2.72. The maximum Gasteiger partial charge on any atom is 0.162 e. The van der Waals surface area contributed by atoms with Crippen LogP contribution in [0.4, 0.5) is 0 Å². The number of azide groups is 1. The van der Waals surface area contributed by atoms with Gasteiger partial charge in [-0.1, -0.05) is 29.4 Å². The number of fused-ring (bicyclic) bond motifs is 1. The number of ether oxygens (including phenoxy) is 1. The highest BCUT2D eigenvalue weighted by atomic mass is 16.5. The maximum atomic E-state index is 8.23. The topological polar surface area (TPSA) is 58.0 Å². The highest BCUT2D eigenvalue weighted by molar-refractivity contribution is 5.30. The highest BCUT2D eigenvalue weighted by Gasteiger charge is 2.20. The van der Waals surface area contributed by atoms with Crippen molar-refractivity contribution in [1.29, 1.82) is 0 Å². The average molecular weight is 161 g/mol. The van der Waals surface area contributed by atoms with Crippen LogP contribution >= 0.6 is 0 Å². The Morgan fingerprint density at radius 2 is 2.33 bits per heavy atom. The lowest BCUT2D eigenvalue weighted by atomic mass is 10.1. The molecule has 4 heteroatoms. The van der Waals surface area contributed by atoms with E-state index in [9.17, 15) is 0 Å². The summed E-state index contributed by atoms with van der Waals surface area (Å²) in [5, 5.41) is 3.52. The van der Waals surface area contributed by atoms with Gasteiger partial charge < -0.3 is 4.74 Å². The zero-order valence-electron chi connectivity index (χ0n) is 6.34. The van der Waals surface area contributed by atoms with Crippen molar-refractivity contribution in [3.63, 3.8) is 0 Å². The quantitative estimate of drug-likeness (QED) is 0.354. The molecule has 0 amide bonds. The van der Waals surface area contributed by atoms with Gasteiger partial charge in [-0.05, 0) is 16.7 Å². The SMILES string of the molecule is [N-]=[N+]=NC1OCc2ccccc21. The van der Waals surface area contributed by atoms with Gasteiger partial charge in [-0.25, -0.2) is 0 Å². The molecule has 1 aliphatic heterocycles. The van der Waals surface area contributed by atoms with Gasteiger partial charge in [-0.15, -0.1) is 0 Å². The summed E-state index contributed by atoms with van der Waals surface area (Å²) >= 11 is 0. The maximum absolute atomic E-state index is 8.23. The van der Waals surface area contributed by atoms with Crippen molar-refractivity contribution in [2.24, 2.45) is 5.11 Å². The van der Waals surface area contributed by atoms with Gasteiger partial charge in [-0.3, -0.25) is 0 Å². The summed E-state index contributed by atoms with van der Waals surface area (Å²) in [6.07, 6.45) is -0.425. The molecule has 0 saturated heterocycles. The lowest BCUT2D eigenvalue weighted by Gasteiger charge is -2.00. The summed E-state index contributed by atoms with van der Waals surface area (Å²) in [5.41, 5.74) is 10.3. The Hall–Kier alpha value is -1.51. The van der Waals surface area contributed by atoms with E-state index in [0.29, 0.717) is 6.61 Å². The molecule has 2 rings (SSSR count). The predicted octanol–water partition coefficient (Wildman–Crippen LogP) is 2.53. The van der Waals surface area contributed by atoms with Crippen molar-refractivity contribution in [3.8, 4) is 0 Å². The molecule has 1 aliphatic rings. The molecule has 0 radical (unpaired) electrons. The average Bonchev–Trinajstić information content (AvgIpc) is 2.50. The summed E-state index contributed by atoms with van der Waals surface area (Å²) in [6.45, 7) is 0.542. The van der Waals surface area contributed by atoms with Crippen molar-refractivity contribution < 1.29 is 4.74 Å². The minimum absolute atomic E-state index is 0.425. The Morgan fingerprint density at radius 3 is 3.17 bits per heavy atom. The first-order chi connectivity index (χ1) is 5.92.